The molecule has 3 rings (SSSR count). The van der Waals surface area contributed by atoms with E-state index in [1.165, 1.54) is 0 Å². The Morgan fingerprint density at radius 1 is 0.939 bits per heavy atom. The number of rotatable bonds is 10. The van der Waals surface area contributed by atoms with Crippen LogP contribution in [0.25, 0.3) is 16.9 Å². The lowest BCUT2D eigenvalue weighted by Crippen LogP contribution is -2.18. The Morgan fingerprint density at radius 2 is 1.55 bits per heavy atom. The van der Waals surface area contributed by atoms with Crippen molar-refractivity contribution in [3.05, 3.63) is 62.9 Å². The number of nitrogens with zero attached hydrogens (tertiary/aromatic N) is 3. The maximum atomic E-state index is 14.8. The highest BCUT2D eigenvalue weighted by atomic mass is 127. The highest BCUT2D eigenvalue weighted by molar-refractivity contribution is 14.1. The zero-order chi connectivity index (χ0) is 24.0. The van der Waals surface area contributed by atoms with E-state index in [9.17, 15) is 22.4 Å². The van der Waals surface area contributed by atoms with Crippen LogP contribution in [0.5, 0.6) is 0 Å². The van der Waals surface area contributed by atoms with Gasteiger partial charge in [0.25, 0.3) is 0 Å². The third-order valence-corrected chi connectivity index (χ3v) is 6.02. The quantitative estimate of drug-likeness (QED) is 0.0898. The Morgan fingerprint density at radius 3 is 2.18 bits per heavy atom. The monoisotopic (exact) mass is 575 g/mol. The van der Waals surface area contributed by atoms with Crippen molar-refractivity contribution >= 4 is 28.6 Å². The lowest BCUT2D eigenvalue weighted by molar-refractivity contribution is 0.0483. The molecular weight excluding hydrogens is 553 g/mol. The normalized spacial score (nSPS) is 11.1. The SMILES string of the molecule is CCCCCCCCOC(=O)c1c(F)c(F)c(-n2nnc(-c3ccccc3)c2I)c(F)c1F. The molecule has 176 valence electrons. The van der Waals surface area contributed by atoms with Gasteiger partial charge in [0.15, 0.2) is 23.3 Å². The number of carbonyl (C=O) groups excluding carboxylic acids is 1. The first-order chi connectivity index (χ1) is 15.9. The number of benzene rings is 2. The van der Waals surface area contributed by atoms with Crippen LogP contribution in [0, 0.1) is 27.0 Å². The molecule has 0 aliphatic carbocycles. The van der Waals surface area contributed by atoms with Gasteiger partial charge >= 0.3 is 5.97 Å². The van der Waals surface area contributed by atoms with E-state index in [4.69, 9.17) is 4.74 Å². The van der Waals surface area contributed by atoms with Crippen molar-refractivity contribution in [3.8, 4) is 16.9 Å². The van der Waals surface area contributed by atoms with Gasteiger partial charge in [-0.15, -0.1) is 5.10 Å². The molecule has 0 spiro atoms. The molecule has 0 aliphatic heterocycles. The largest absolute Gasteiger partial charge is 0.462 e. The minimum Gasteiger partial charge on any atom is -0.462 e. The summed E-state index contributed by atoms with van der Waals surface area (Å²) in [7, 11) is 0. The third kappa shape index (κ3) is 5.53. The van der Waals surface area contributed by atoms with Gasteiger partial charge in [0.05, 0.1) is 6.61 Å². The van der Waals surface area contributed by atoms with Crippen molar-refractivity contribution in [1.29, 1.82) is 0 Å². The lowest BCUT2D eigenvalue weighted by atomic mass is 10.1. The molecule has 0 radical (unpaired) electrons. The molecule has 1 heterocycles. The van der Waals surface area contributed by atoms with E-state index in [-0.39, 0.29) is 16.0 Å². The number of hydrogen-bond acceptors (Lipinski definition) is 4. The van der Waals surface area contributed by atoms with Crippen LogP contribution in [0.4, 0.5) is 17.6 Å². The second-order valence-electron chi connectivity index (χ2n) is 7.39. The zero-order valence-electron chi connectivity index (χ0n) is 17.9. The topological polar surface area (TPSA) is 57.0 Å². The van der Waals surface area contributed by atoms with Gasteiger partial charge in [0.1, 0.15) is 20.6 Å². The van der Waals surface area contributed by atoms with Crippen molar-refractivity contribution in [2.75, 3.05) is 6.61 Å². The van der Waals surface area contributed by atoms with Gasteiger partial charge in [-0.1, -0.05) is 74.6 Å². The summed E-state index contributed by atoms with van der Waals surface area (Å²) in [4.78, 5) is 12.2. The number of hydrogen-bond donors (Lipinski definition) is 0. The second kappa shape index (κ2) is 11.6. The van der Waals surface area contributed by atoms with Gasteiger partial charge in [0, 0.05) is 5.56 Å². The van der Waals surface area contributed by atoms with E-state index in [0.29, 0.717) is 16.7 Å². The van der Waals surface area contributed by atoms with Gasteiger partial charge < -0.3 is 4.74 Å². The molecule has 0 N–H and O–H groups in total. The fourth-order valence-electron chi connectivity index (χ4n) is 3.29. The van der Waals surface area contributed by atoms with Crippen LogP contribution in [0.1, 0.15) is 55.8 Å². The average Bonchev–Trinajstić information content (AvgIpc) is 3.19. The molecule has 2 aromatic carbocycles. The summed E-state index contributed by atoms with van der Waals surface area (Å²) >= 11 is 1.72. The maximum Gasteiger partial charge on any atom is 0.344 e. The summed E-state index contributed by atoms with van der Waals surface area (Å²) < 4.78 is 64.6. The predicted octanol–water partition coefficient (Wildman–Crippen LogP) is 6.61. The molecule has 0 atom stereocenters. The summed E-state index contributed by atoms with van der Waals surface area (Å²) in [5.41, 5.74) is -1.63. The molecule has 10 heteroatoms. The molecule has 0 aliphatic rings. The number of esters is 1. The highest BCUT2D eigenvalue weighted by Crippen LogP contribution is 2.31. The van der Waals surface area contributed by atoms with Gasteiger partial charge in [-0.05, 0) is 29.0 Å². The van der Waals surface area contributed by atoms with E-state index >= 15 is 0 Å². The number of ether oxygens (including phenoxy) is 1. The van der Waals surface area contributed by atoms with Crippen LogP contribution in [0.3, 0.4) is 0 Å². The van der Waals surface area contributed by atoms with E-state index in [2.05, 4.69) is 17.2 Å². The zero-order valence-corrected chi connectivity index (χ0v) is 20.0. The summed E-state index contributed by atoms with van der Waals surface area (Å²) in [6.07, 6.45) is 5.42. The lowest BCUT2D eigenvalue weighted by Gasteiger charge is -2.12. The molecule has 0 amide bonds. The Balaban J connectivity index is 1.84. The number of halogens is 5. The van der Waals surface area contributed by atoms with Crippen LogP contribution in [-0.4, -0.2) is 27.6 Å². The molecule has 33 heavy (non-hydrogen) atoms. The number of carbonyl (C=O) groups is 1. The smallest absolute Gasteiger partial charge is 0.344 e. The Hall–Kier alpha value is -2.50. The maximum absolute atomic E-state index is 14.8. The van der Waals surface area contributed by atoms with Gasteiger partial charge in [-0.25, -0.2) is 27.0 Å². The first kappa shape index (κ1) is 25.1. The van der Waals surface area contributed by atoms with Crippen molar-refractivity contribution in [2.24, 2.45) is 0 Å². The Labute approximate surface area is 202 Å². The van der Waals surface area contributed by atoms with Crippen molar-refractivity contribution in [2.45, 2.75) is 45.4 Å². The molecule has 5 nitrogen and oxygen atoms in total. The fraction of sp³-hybridized carbons (Fsp3) is 0.348. The van der Waals surface area contributed by atoms with Gasteiger partial charge in [-0.3, -0.25) is 0 Å². The minimum absolute atomic E-state index is 0.101. The van der Waals surface area contributed by atoms with Gasteiger partial charge in [0.2, 0.25) is 0 Å². The molecule has 0 saturated carbocycles. The van der Waals surface area contributed by atoms with Crippen molar-refractivity contribution in [1.82, 2.24) is 15.0 Å². The van der Waals surface area contributed by atoms with Gasteiger partial charge in [-0.2, -0.15) is 0 Å². The molecular formula is C23H22F4IN3O2. The summed E-state index contributed by atoms with van der Waals surface area (Å²) in [6, 6.07) is 8.64. The van der Waals surface area contributed by atoms with Crippen molar-refractivity contribution < 1.29 is 27.1 Å². The van der Waals surface area contributed by atoms with Crippen LogP contribution >= 0.6 is 22.6 Å². The second-order valence-corrected chi connectivity index (χ2v) is 8.41. The highest BCUT2D eigenvalue weighted by Gasteiger charge is 2.33. The molecule has 3 aromatic rings. The molecule has 0 unspecified atom stereocenters. The third-order valence-electron chi connectivity index (χ3n) is 5.05. The van der Waals surface area contributed by atoms with Crippen LogP contribution in [0.15, 0.2) is 30.3 Å². The number of unbranched alkanes of at least 4 members (excludes halogenated alkanes) is 5. The Kier molecular flexibility index (Phi) is 8.81. The van der Waals surface area contributed by atoms with E-state index in [0.717, 1.165) is 32.1 Å². The molecule has 0 bridgehead atoms. The van der Waals surface area contributed by atoms with Crippen LogP contribution < -0.4 is 0 Å². The van der Waals surface area contributed by atoms with Crippen LogP contribution in [-0.2, 0) is 4.74 Å². The van der Waals surface area contributed by atoms with Crippen LogP contribution in [0.2, 0.25) is 0 Å². The molecule has 0 fully saturated rings. The Bertz CT molecular complexity index is 1090. The van der Waals surface area contributed by atoms with Crippen molar-refractivity contribution in [3.63, 3.8) is 0 Å². The standard InChI is InChI=1S/C23H22F4IN3O2/c1-2-3-4-5-6-10-13-33-23(32)15-16(24)18(26)21(19(27)17(15)25)31-22(28)20(29-30-31)14-11-8-7-9-12-14/h7-9,11-12H,2-6,10,13H2,1H3. The summed E-state index contributed by atoms with van der Waals surface area (Å²) in [5, 5.41) is 7.54. The van der Waals surface area contributed by atoms with E-state index < -0.39 is 40.5 Å². The molecule has 1 aromatic heterocycles. The first-order valence-corrected chi connectivity index (χ1v) is 11.7. The van der Waals surface area contributed by atoms with E-state index in [1.54, 1.807) is 52.9 Å². The summed E-state index contributed by atoms with van der Waals surface area (Å²) in [5.74, 6) is -8.67. The number of aromatic nitrogens is 3. The minimum atomic E-state index is -1.84. The molecule has 0 saturated heterocycles. The fourth-order valence-corrected chi connectivity index (χ4v) is 4.05. The van der Waals surface area contributed by atoms with E-state index in [1.807, 2.05) is 0 Å². The summed E-state index contributed by atoms with van der Waals surface area (Å²) in [6.45, 7) is 1.98. The predicted molar refractivity (Wildman–Crippen MR) is 123 cm³/mol. The first-order valence-electron chi connectivity index (χ1n) is 10.6. The average molecular weight is 575 g/mol.